The Kier molecular flexibility index (Phi) is 4.39. The first-order valence-corrected chi connectivity index (χ1v) is 6.31. The second-order valence-electron chi connectivity index (χ2n) is 4.57. The van der Waals surface area contributed by atoms with Crippen molar-refractivity contribution in [1.82, 2.24) is 0 Å². The Morgan fingerprint density at radius 2 is 1.95 bits per heavy atom. The lowest BCUT2D eigenvalue weighted by Crippen LogP contribution is -2.04. The molecule has 2 aromatic carbocycles. The number of hydrogen-bond donors (Lipinski definition) is 1. The van der Waals surface area contributed by atoms with Gasteiger partial charge in [0.2, 0.25) is 0 Å². The number of hydrogen-bond acceptors (Lipinski definition) is 3. The van der Waals surface area contributed by atoms with Crippen LogP contribution < -0.4 is 10.1 Å². The second-order valence-corrected chi connectivity index (χ2v) is 4.57. The quantitative estimate of drug-likeness (QED) is 0.931. The first-order chi connectivity index (χ1) is 10.0. The van der Waals surface area contributed by atoms with Crippen molar-refractivity contribution in [1.29, 1.82) is 5.26 Å². The van der Waals surface area contributed by atoms with E-state index in [1.807, 2.05) is 6.07 Å². The molecule has 0 bridgehead atoms. The van der Waals surface area contributed by atoms with E-state index in [-0.39, 0.29) is 17.8 Å². The van der Waals surface area contributed by atoms with Gasteiger partial charge in [-0.15, -0.1) is 0 Å². The smallest absolute Gasteiger partial charge is 0.146 e. The molecule has 1 N–H and O–H groups in total. The van der Waals surface area contributed by atoms with Gasteiger partial charge in [0, 0.05) is 18.2 Å². The third-order valence-corrected chi connectivity index (χ3v) is 3.13. The van der Waals surface area contributed by atoms with E-state index in [9.17, 15) is 8.78 Å². The summed E-state index contributed by atoms with van der Waals surface area (Å²) in [6.45, 7) is 1.72. The first kappa shape index (κ1) is 14.8. The van der Waals surface area contributed by atoms with Crippen LogP contribution >= 0.6 is 0 Å². The average molecular weight is 288 g/mol. The van der Waals surface area contributed by atoms with E-state index in [0.29, 0.717) is 16.9 Å². The molecule has 0 atom stereocenters. The van der Waals surface area contributed by atoms with E-state index in [1.54, 1.807) is 18.2 Å². The summed E-state index contributed by atoms with van der Waals surface area (Å²) in [5.41, 5.74) is 1.49. The molecule has 0 radical (unpaired) electrons. The topological polar surface area (TPSA) is 45.0 Å². The van der Waals surface area contributed by atoms with E-state index < -0.39 is 11.6 Å². The number of methoxy groups -OCH3 is 1. The maximum absolute atomic E-state index is 13.7. The van der Waals surface area contributed by atoms with E-state index in [2.05, 4.69) is 5.32 Å². The number of anilines is 1. The monoisotopic (exact) mass is 288 g/mol. The molecule has 0 aliphatic heterocycles. The number of benzene rings is 2. The van der Waals surface area contributed by atoms with Crippen molar-refractivity contribution in [2.75, 3.05) is 12.4 Å². The minimum absolute atomic E-state index is 0.0718. The molecule has 0 fully saturated rings. The molecule has 108 valence electrons. The molecule has 0 spiro atoms. The normalized spacial score (nSPS) is 10.0. The molecule has 0 aromatic heterocycles. The maximum Gasteiger partial charge on any atom is 0.146 e. The zero-order valence-corrected chi connectivity index (χ0v) is 11.7. The third-order valence-electron chi connectivity index (χ3n) is 3.13. The molecular formula is C16H14F2N2O. The summed E-state index contributed by atoms with van der Waals surface area (Å²) in [7, 11) is 1.51. The number of nitrogens with zero attached hydrogens (tertiary/aromatic N) is 1. The summed E-state index contributed by atoms with van der Waals surface area (Å²) in [5.74, 6) is -0.421. The van der Waals surface area contributed by atoms with Crippen molar-refractivity contribution in [3.05, 3.63) is 58.7 Å². The summed E-state index contributed by atoms with van der Waals surface area (Å²) >= 11 is 0. The number of halogens is 2. The highest BCUT2D eigenvalue weighted by Crippen LogP contribution is 2.23. The summed E-state index contributed by atoms with van der Waals surface area (Å²) in [5, 5.41) is 11.7. The van der Waals surface area contributed by atoms with Crippen LogP contribution in [0, 0.1) is 29.9 Å². The van der Waals surface area contributed by atoms with Crippen molar-refractivity contribution >= 4 is 5.69 Å². The fourth-order valence-electron chi connectivity index (χ4n) is 1.96. The Balaban J connectivity index is 2.24. The van der Waals surface area contributed by atoms with Gasteiger partial charge in [0.25, 0.3) is 0 Å². The van der Waals surface area contributed by atoms with Gasteiger partial charge >= 0.3 is 0 Å². The van der Waals surface area contributed by atoms with Gasteiger partial charge < -0.3 is 10.1 Å². The zero-order valence-electron chi connectivity index (χ0n) is 11.7. The van der Waals surface area contributed by atoms with Gasteiger partial charge in [-0.2, -0.15) is 5.26 Å². The van der Waals surface area contributed by atoms with Crippen LogP contribution in [-0.2, 0) is 6.54 Å². The van der Waals surface area contributed by atoms with Crippen LogP contribution in [0.25, 0.3) is 0 Å². The predicted molar refractivity (Wildman–Crippen MR) is 76.1 cm³/mol. The SMILES string of the molecule is COc1ccc(C#N)cc1CNc1cc(F)c(C)cc1F. The lowest BCUT2D eigenvalue weighted by molar-refractivity contribution is 0.410. The number of nitrogens with one attached hydrogen (secondary N) is 1. The minimum Gasteiger partial charge on any atom is -0.496 e. The van der Waals surface area contributed by atoms with Crippen LogP contribution in [0.2, 0.25) is 0 Å². The summed E-state index contributed by atoms with van der Waals surface area (Å²) < 4.78 is 32.4. The van der Waals surface area contributed by atoms with Gasteiger partial charge in [-0.05, 0) is 36.8 Å². The van der Waals surface area contributed by atoms with Crippen LogP contribution in [0.4, 0.5) is 14.5 Å². The molecule has 2 rings (SSSR count). The molecule has 0 amide bonds. The molecule has 0 aliphatic rings. The Morgan fingerprint density at radius 1 is 1.19 bits per heavy atom. The second kappa shape index (κ2) is 6.23. The van der Waals surface area contributed by atoms with Gasteiger partial charge in [-0.1, -0.05) is 0 Å². The van der Waals surface area contributed by atoms with Crippen molar-refractivity contribution in [3.63, 3.8) is 0 Å². The number of nitriles is 1. The van der Waals surface area contributed by atoms with Crippen LogP contribution in [0.5, 0.6) is 5.75 Å². The van der Waals surface area contributed by atoms with Crippen LogP contribution in [-0.4, -0.2) is 7.11 Å². The zero-order chi connectivity index (χ0) is 15.4. The Labute approximate surface area is 121 Å². The summed E-state index contributed by atoms with van der Waals surface area (Å²) in [4.78, 5) is 0. The van der Waals surface area contributed by atoms with E-state index in [1.165, 1.54) is 14.0 Å². The number of aryl methyl sites for hydroxylation is 1. The average Bonchev–Trinajstić information content (AvgIpc) is 2.49. The molecule has 0 heterocycles. The minimum atomic E-state index is -0.524. The third kappa shape index (κ3) is 3.29. The largest absolute Gasteiger partial charge is 0.496 e. The Morgan fingerprint density at radius 3 is 2.62 bits per heavy atom. The maximum atomic E-state index is 13.7. The molecule has 0 unspecified atom stereocenters. The summed E-state index contributed by atoms with van der Waals surface area (Å²) in [6.07, 6.45) is 0. The fourth-order valence-corrected chi connectivity index (χ4v) is 1.96. The number of ether oxygens (including phenoxy) is 1. The highest BCUT2D eigenvalue weighted by molar-refractivity contribution is 5.49. The highest BCUT2D eigenvalue weighted by atomic mass is 19.1. The van der Waals surface area contributed by atoms with Gasteiger partial charge in [0.15, 0.2) is 0 Å². The van der Waals surface area contributed by atoms with Gasteiger partial charge in [0.05, 0.1) is 24.4 Å². The fraction of sp³-hybridized carbons (Fsp3) is 0.188. The lowest BCUT2D eigenvalue weighted by Gasteiger charge is -2.12. The molecular weight excluding hydrogens is 274 g/mol. The molecule has 0 aliphatic carbocycles. The van der Waals surface area contributed by atoms with Crippen molar-refractivity contribution < 1.29 is 13.5 Å². The van der Waals surface area contributed by atoms with Crippen LogP contribution in [0.3, 0.4) is 0 Å². The van der Waals surface area contributed by atoms with Crippen LogP contribution in [0.1, 0.15) is 16.7 Å². The Hall–Kier alpha value is -2.61. The van der Waals surface area contributed by atoms with Crippen molar-refractivity contribution in [2.24, 2.45) is 0 Å². The highest BCUT2D eigenvalue weighted by Gasteiger charge is 2.09. The van der Waals surface area contributed by atoms with Gasteiger partial charge in [-0.25, -0.2) is 8.78 Å². The van der Waals surface area contributed by atoms with E-state index in [0.717, 1.165) is 12.1 Å². The first-order valence-electron chi connectivity index (χ1n) is 6.31. The van der Waals surface area contributed by atoms with Crippen molar-refractivity contribution in [2.45, 2.75) is 13.5 Å². The predicted octanol–water partition coefficient (Wildman–Crippen LogP) is 3.77. The van der Waals surface area contributed by atoms with E-state index in [4.69, 9.17) is 10.00 Å². The van der Waals surface area contributed by atoms with Crippen molar-refractivity contribution in [3.8, 4) is 11.8 Å². The lowest BCUT2D eigenvalue weighted by atomic mass is 10.1. The van der Waals surface area contributed by atoms with Gasteiger partial charge in [-0.3, -0.25) is 0 Å². The molecule has 2 aromatic rings. The molecule has 0 saturated heterocycles. The standard InChI is InChI=1S/C16H14F2N2O/c1-10-5-14(18)15(7-13(10)17)20-9-12-6-11(8-19)3-4-16(12)21-2/h3-7,20H,9H2,1-2H3. The van der Waals surface area contributed by atoms with E-state index >= 15 is 0 Å². The Bertz CT molecular complexity index is 708. The van der Waals surface area contributed by atoms with Gasteiger partial charge in [0.1, 0.15) is 17.4 Å². The molecule has 3 nitrogen and oxygen atoms in total. The molecule has 5 heteroatoms. The number of rotatable bonds is 4. The summed E-state index contributed by atoms with van der Waals surface area (Å²) in [6, 6.07) is 9.23. The van der Waals surface area contributed by atoms with Crippen LogP contribution in [0.15, 0.2) is 30.3 Å². The molecule has 21 heavy (non-hydrogen) atoms. The molecule has 0 saturated carbocycles.